The predicted molar refractivity (Wildman–Crippen MR) is 106 cm³/mol. The highest BCUT2D eigenvalue weighted by atomic mass is 19.4. The van der Waals surface area contributed by atoms with Crippen molar-refractivity contribution in [3.05, 3.63) is 65.2 Å². The predicted octanol–water partition coefficient (Wildman–Crippen LogP) is 7.21. The number of esters is 1. The molecule has 0 saturated carbocycles. The quantitative estimate of drug-likeness (QED) is 0.248. The second-order valence-electron chi connectivity index (χ2n) is 8.47. The number of rotatable bonds is 7. The fourth-order valence-electron chi connectivity index (χ4n) is 2.83. The maximum Gasteiger partial charge on any atom is 0.416 e. The second kappa shape index (κ2) is 9.83. The first-order valence-electron chi connectivity index (χ1n) is 9.84. The van der Waals surface area contributed by atoms with Crippen LogP contribution in [0.15, 0.2) is 48.5 Å². The Morgan fingerprint density at radius 2 is 1.47 bits per heavy atom. The summed E-state index contributed by atoms with van der Waals surface area (Å²) in [4.78, 5) is 12.6. The molecule has 0 aromatic heterocycles. The van der Waals surface area contributed by atoms with Gasteiger partial charge in [-0.15, -0.1) is 0 Å². The summed E-state index contributed by atoms with van der Waals surface area (Å²) in [5, 5.41) is 0. The zero-order valence-electron chi connectivity index (χ0n) is 17.8. The first-order valence-corrected chi connectivity index (χ1v) is 9.84. The molecule has 0 N–H and O–H groups in total. The monoisotopic (exact) mass is 462 g/mol. The van der Waals surface area contributed by atoms with E-state index in [4.69, 9.17) is 9.47 Å². The van der Waals surface area contributed by atoms with Gasteiger partial charge in [0, 0.05) is 5.56 Å². The molecule has 0 amide bonds. The molecule has 0 heterocycles. The van der Waals surface area contributed by atoms with Crippen molar-refractivity contribution in [3.63, 3.8) is 0 Å². The Bertz CT molecular complexity index is 896. The summed E-state index contributed by atoms with van der Waals surface area (Å²) >= 11 is 0. The van der Waals surface area contributed by atoms with Crippen LogP contribution >= 0.6 is 0 Å². The van der Waals surface area contributed by atoms with Crippen LogP contribution in [-0.2, 0) is 21.9 Å². The molecular weight excluding hydrogens is 438 g/mol. The van der Waals surface area contributed by atoms with Gasteiger partial charge in [0.1, 0.15) is 5.75 Å². The second-order valence-corrected chi connectivity index (χ2v) is 8.47. The van der Waals surface area contributed by atoms with E-state index in [2.05, 4.69) is 0 Å². The molecule has 1 atom stereocenters. The van der Waals surface area contributed by atoms with Crippen molar-refractivity contribution < 1.29 is 40.6 Å². The van der Waals surface area contributed by atoms with E-state index in [1.807, 2.05) is 20.8 Å². The largest absolute Gasteiger partial charge is 0.474 e. The highest BCUT2D eigenvalue weighted by Crippen LogP contribution is 2.34. The van der Waals surface area contributed by atoms with Crippen LogP contribution in [0.3, 0.4) is 0 Å². The molecule has 0 fully saturated rings. The topological polar surface area (TPSA) is 35.5 Å². The minimum Gasteiger partial charge on any atom is -0.474 e. The van der Waals surface area contributed by atoms with Crippen LogP contribution in [0.2, 0.25) is 0 Å². The average Bonchev–Trinajstić information content (AvgIpc) is 2.67. The SMILES string of the molecule is CC(C)(C)CCCOC(=O)[C@H](Oc1cccc(C(F)(F)F)c1)c1ccc(C(F)(F)F)cc1. The van der Waals surface area contributed by atoms with E-state index in [0.29, 0.717) is 12.5 Å². The smallest absolute Gasteiger partial charge is 0.416 e. The Morgan fingerprint density at radius 3 is 2.00 bits per heavy atom. The summed E-state index contributed by atoms with van der Waals surface area (Å²) in [7, 11) is 0. The third-order valence-corrected chi connectivity index (χ3v) is 4.49. The molecule has 0 bridgehead atoms. The number of hydrogen-bond acceptors (Lipinski definition) is 3. The molecule has 3 nitrogen and oxygen atoms in total. The third-order valence-electron chi connectivity index (χ3n) is 4.49. The molecule has 32 heavy (non-hydrogen) atoms. The highest BCUT2D eigenvalue weighted by Gasteiger charge is 2.33. The van der Waals surface area contributed by atoms with Crippen molar-refractivity contribution in [2.75, 3.05) is 6.61 Å². The van der Waals surface area contributed by atoms with Crippen LogP contribution in [-0.4, -0.2) is 12.6 Å². The molecule has 9 heteroatoms. The minimum atomic E-state index is -4.63. The third kappa shape index (κ3) is 7.76. The fraction of sp³-hybridized carbons (Fsp3) is 0.435. The number of benzene rings is 2. The Labute approximate surface area is 182 Å². The highest BCUT2D eigenvalue weighted by molar-refractivity contribution is 5.77. The Kier molecular flexibility index (Phi) is 7.85. The molecule has 0 saturated heterocycles. The molecule has 0 radical (unpaired) electrons. The van der Waals surface area contributed by atoms with E-state index >= 15 is 0 Å². The lowest BCUT2D eigenvalue weighted by Crippen LogP contribution is -2.23. The first-order chi connectivity index (χ1) is 14.7. The van der Waals surface area contributed by atoms with Crippen LogP contribution < -0.4 is 4.74 Å². The van der Waals surface area contributed by atoms with Gasteiger partial charge >= 0.3 is 18.3 Å². The van der Waals surface area contributed by atoms with Crippen molar-refractivity contribution in [2.45, 2.75) is 52.1 Å². The number of carbonyl (C=O) groups is 1. The molecule has 0 aliphatic heterocycles. The molecule has 2 aromatic rings. The Morgan fingerprint density at radius 1 is 0.875 bits per heavy atom. The molecule has 2 aromatic carbocycles. The summed E-state index contributed by atoms with van der Waals surface area (Å²) in [6, 6.07) is 7.50. The van der Waals surface area contributed by atoms with Gasteiger partial charge in [0.15, 0.2) is 0 Å². The zero-order valence-corrected chi connectivity index (χ0v) is 17.8. The molecule has 176 valence electrons. The van der Waals surface area contributed by atoms with Crippen molar-refractivity contribution >= 4 is 5.97 Å². The van der Waals surface area contributed by atoms with Gasteiger partial charge < -0.3 is 9.47 Å². The van der Waals surface area contributed by atoms with E-state index in [9.17, 15) is 31.1 Å². The van der Waals surface area contributed by atoms with E-state index in [1.54, 1.807) is 0 Å². The van der Waals surface area contributed by atoms with Gasteiger partial charge in [-0.1, -0.05) is 39.0 Å². The van der Waals surface area contributed by atoms with Crippen LogP contribution in [0, 0.1) is 5.41 Å². The summed E-state index contributed by atoms with van der Waals surface area (Å²) < 4.78 is 88.2. The van der Waals surface area contributed by atoms with E-state index < -0.39 is 35.6 Å². The molecule has 2 rings (SSSR count). The van der Waals surface area contributed by atoms with E-state index in [1.165, 1.54) is 6.07 Å². The number of halogens is 6. The van der Waals surface area contributed by atoms with Crippen LogP contribution in [0.1, 0.15) is 56.4 Å². The van der Waals surface area contributed by atoms with Gasteiger partial charge in [-0.05, 0) is 48.6 Å². The normalized spacial score (nSPS) is 13.5. The number of ether oxygens (including phenoxy) is 2. The van der Waals surface area contributed by atoms with Crippen molar-refractivity contribution in [1.82, 2.24) is 0 Å². The standard InChI is InChI=1S/C23H24F6O3/c1-21(2,3)12-5-13-31-20(30)19(15-8-10-16(11-9-15)22(24,25)26)32-18-7-4-6-17(14-18)23(27,28)29/h4,6-11,14,19H,5,12-13H2,1-3H3/t19-/m1/s1. The van der Waals surface area contributed by atoms with Crippen molar-refractivity contribution in [2.24, 2.45) is 5.41 Å². The van der Waals surface area contributed by atoms with Crippen LogP contribution in [0.25, 0.3) is 0 Å². The van der Waals surface area contributed by atoms with Crippen molar-refractivity contribution in [1.29, 1.82) is 0 Å². The van der Waals surface area contributed by atoms with E-state index in [-0.39, 0.29) is 23.3 Å². The molecule has 0 aliphatic carbocycles. The van der Waals surface area contributed by atoms with Crippen molar-refractivity contribution in [3.8, 4) is 5.75 Å². The van der Waals surface area contributed by atoms with Crippen LogP contribution in [0.5, 0.6) is 5.75 Å². The Hall–Kier alpha value is -2.71. The molecular formula is C23H24F6O3. The lowest BCUT2D eigenvalue weighted by Gasteiger charge is -2.21. The maximum atomic E-state index is 13.0. The van der Waals surface area contributed by atoms with Crippen LogP contribution in [0.4, 0.5) is 26.3 Å². The van der Waals surface area contributed by atoms with Gasteiger partial charge in [-0.3, -0.25) is 0 Å². The zero-order chi connectivity index (χ0) is 24.2. The lowest BCUT2D eigenvalue weighted by molar-refractivity contribution is -0.152. The summed E-state index contributed by atoms with van der Waals surface area (Å²) in [5.74, 6) is -1.17. The van der Waals surface area contributed by atoms with Gasteiger partial charge in [0.05, 0.1) is 17.7 Å². The lowest BCUT2D eigenvalue weighted by atomic mass is 9.91. The first kappa shape index (κ1) is 25.5. The molecule has 0 spiro atoms. The number of alkyl halides is 6. The van der Waals surface area contributed by atoms with Gasteiger partial charge in [0.25, 0.3) is 0 Å². The van der Waals surface area contributed by atoms with Gasteiger partial charge in [-0.2, -0.15) is 26.3 Å². The Balaban J connectivity index is 2.26. The summed E-state index contributed by atoms with van der Waals surface area (Å²) in [6.45, 7) is 6.07. The molecule has 0 unspecified atom stereocenters. The van der Waals surface area contributed by atoms with E-state index in [0.717, 1.165) is 42.8 Å². The maximum absolute atomic E-state index is 13.0. The summed E-state index contributed by atoms with van der Waals surface area (Å²) in [6.07, 6.45) is -9.45. The summed E-state index contributed by atoms with van der Waals surface area (Å²) in [5.41, 5.74) is -1.89. The average molecular weight is 462 g/mol. The van der Waals surface area contributed by atoms with Gasteiger partial charge in [-0.25, -0.2) is 4.79 Å². The fourth-order valence-corrected chi connectivity index (χ4v) is 2.83. The molecule has 0 aliphatic rings. The number of carbonyl (C=O) groups excluding carboxylic acids is 1. The number of hydrogen-bond donors (Lipinski definition) is 0. The minimum absolute atomic E-state index is 0.00771. The van der Waals surface area contributed by atoms with Gasteiger partial charge in [0.2, 0.25) is 6.10 Å².